The van der Waals surface area contributed by atoms with Crippen LogP contribution in [0.15, 0.2) is 30.6 Å². The molecule has 1 saturated heterocycles. The molecule has 0 saturated carbocycles. The number of halogens is 1. The summed E-state index contributed by atoms with van der Waals surface area (Å²) in [5.41, 5.74) is 1.25. The highest BCUT2D eigenvalue weighted by Gasteiger charge is 2.21. The molecule has 1 atom stereocenters. The fraction of sp³-hybridized carbons (Fsp3) is 0.389. The molecule has 0 amide bonds. The molecule has 1 fully saturated rings. The molecule has 0 spiro atoms. The van der Waals surface area contributed by atoms with Crippen LogP contribution in [0.1, 0.15) is 19.8 Å². The fourth-order valence-electron chi connectivity index (χ4n) is 3.46. The Bertz CT molecular complexity index is 927. The molecule has 0 bridgehead atoms. The topological polar surface area (TPSA) is 78.6 Å². The number of rotatable bonds is 4. The zero-order chi connectivity index (χ0) is 18.1. The molecule has 4 rings (SSSR count). The highest BCUT2D eigenvalue weighted by molar-refractivity contribution is 6.30. The van der Waals surface area contributed by atoms with E-state index in [1.165, 1.54) is 12.5 Å². The van der Waals surface area contributed by atoms with Crippen molar-refractivity contribution in [2.24, 2.45) is 0 Å². The van der Waals surface area contributed by atoms with Gasteiger partial charge in [-0.1, -0.05) is 18.5 Å². The van der Waals surface area contributed by atoms with Gasteiger partial charge in [-0.2, -0.15) is 0 Å². The Morgan fingerprint density at radius 2 is 2.23 bits per heavy atom. The Kier molecular flexibility index (Phi) is 4.65. The van der Waals surface area contributed by atoms with Crippen LogP contribution < -0.4 is 5.32 Å². The number of nitrogens with one attached hydrogen (secondary N) is 1. The smallest absolute Gasteiger partial charge is 0.192 e. The molecule has 0 radical (unpaired) electrons. The quantitative estimate of drug-likeness (QED) is 0.732. The summed E-state index contributed by atoms with van der Waals surface area (Å²) in [7, 11) is 0. The Morgan fingerprint density at radius 1 is 1.35 bits per heavy atom. The summed E-state index contributed by atoms with van der Waals surface area (Å²) >= 11 is 5.93. The van der Waals surface area contributed by atoms with Crippen molar-refractivity contribution in [2.45, 2.75) is 25.8 Å². The van der Waals surface area contributed by atoms with E-state index in [2.05, 4.69) is 32.3 Å². The van der Waals surface area contributed by atoms with Crippen molar-refractivity contribution in [3.63, 3.8) is 0 Å². The Morgan fingerprint density at radius 3 is 3.04 bits per heavy atom. The van der Waals surface area contributed by atoms with Gasteiger partial charge in [-0.3, -0.25) is 4.40 Å². The van der Waals surface area contributed by atoms with Gasteiger partial charge < -0.3 is 15.3 Å². The van der Waals surface area contributed by atoms with Gasteiger partial charge in [-0.15, -0.1) is 10.2 Å². The van der Waals surface area contributed by atoms with Gasteiger partial charge in [0.25, 0.3) is 0 Å². The number of benzene rings is 1. The number of phenolic OH excluding ortho intramolecular Hbond substituents is 1. The number of anilines is 1. The zero-order valence-corrected chi connectivity index (χ0v) is 15.3. The Hall–Kier alpha value is -2.38. The minimum atomic E-state index is 0.0633. The molecular formula is C18H21ClN6O. The number of hydrogen-bond acceptors (Lipinski definition) is 6. The number of imidazole rings is 1. The van der Waals surface area contributed by atoms with Gasteiger partial charge in [0.05, 0.1) is 5.56 Å². The number of phenols is 1. The molecule has 1 unspecified atom stereocenters. The third kappa shape index (κ3) is 3.20. The van der Waals surface area contributed by atoms with Crippen LogP contribution in [0.5, 0.6) is 5.75 Å². The molecule has 1 aromatic carbocycles. The summed E-state index contributed by atoms with van der Waals surface area (Å²) in [6.07, 6.45) is 5.79. The van der Waals surface area contributed by atoms with Crippen molar-refractivity contribution >= 4 is 23.1 Å². The molecule has 3 heterocycles. The number of piperidine rings is 1. The summed E-state index contributed by atoms with van der Waals surface area (Å²) in [6.45, 7) is 5.37. The number of fused-ring (bicyclic) bond motifs is 1. The first kappa shape index (κ1) is 17.1. The molecule has 26 heavy (non-hydrogen) atoms. The largest absolute Gasteiger partial charge is 0.507 e. The van der Waals surface area contributed by atoms with Gasteiger partial charge >= 0.3 is 0 Å². The van der Waals surface area contributed by atoms with Crippen LogP contribution in [0.3, 0.4) is 0 Å². The van der Waals surface area contributed by atoms with E-state index < -0.39 is 0 Å². The summed E-state index contributed by atoms with van der Waals surface area (Å²) < 4.78 is 1.83. The van der Waals surface area contributed by atoms with E-state index >= 15 is 0 Å². The molecule has 1 aliphatic rings. The average molecular weight is 373 g/mol. The standard InChI is InChI=1S/C18H21ClN6O/c1-2-24-8-3-4-13(11-24)21-16-18-20-7-9-25(18)17(23-22-16)14-6-5-12(19)10-15(14)26/h5-7,9-10,13,26H,2-4,8,11H2,1H3,(H,21,22). The number of nitrogens with zero attached hydrogens (tertiary/aromatic N) is 5. The van der Waals surface area contributed by atoms with E-state index in [-0.39, 0.29) is 5.75 Å². The second-order valence-corrected chi connectivity index (χ2v) is 6.97. The molecular weight excluding hydrogens is 352 g/mol. The summed E-state index contributed by atoms with van der Waals surface area (Å²) in [6, 6.07) is 5.27. The minimum Gasteiger partial charge on any atom is -0.507 e. The van der Waals surface area contributed by atoms with E-state index in [9.17, 15) is 5.11 Å². The molecule has 2 aromatic heterocycles. The first-order valence-corrected chi connectivity index (χ1v) is 9.21. The number of aromatic nitrogens is 4. The molecule has 136 valence electrons. The maximum atomic E-state index is 10.2. The lowest BCUT2D eigenvalue weighted by molar-refractivity contribution is 0.226. The highest BCUT2D eigenvalue weighted by Crippen LogP contribution is 2.31. The maximum absolute atomic E-state index is 10.2. The minimum absolute atomic E-state index is 0.0633. The predicted molar refractivity (Wildman–Crippen MR) is 102 cm³/mol. The van der Waals surface area contributed by atoms with Gasteiger partial charge in [0, 0.05) is 30.0 Å². The Balaban J connectivity index is 1.68. The van der Waals surface area contributed by atoms with Crippen LogP contribution in [-0.2, 0) is 0 Å². The molecule has 2 N–H and O–H groups in total. The van der Waals surface area contributed by atoms with E-state index in [1.807, 2.05) is 10.6 Å². The van der Waals surface area contributed by atoms with Crippen LogP contribution in [0, 0.1) is 0 Å². The van der Waals surface area contributed by atoms with Crippen molar-refractivity contribution in [3.8, 4) is 17.1 Å². The van der Waals surface area contributed by atoms with Gasteiger partial charge in [0.1, 0.15) is 5.75 Å². The van der Waals surface area contributed by atoms with E-state index in [0.717, 1.165) is 26.1 Å². The monoisotopic (exact) mass is 372 g/mol. The van der Waals surface area contributed by atoms with Gasteiger partial charge in [-0.25, -0.2) is 4.98 Å². The highest BCUT2D eigenvalue weighted by atomic mass is 35.5. The second-order valence-electron chi connectivity index (χ2n) is 6.53. The van der Waals surface area contributed by atoms with Crippen molar-refractivity contribution in [3.05, 3.63) is 35.6 Å². The van der Waals surface area contributed by atoms with Crippen molar-refractivity contribution in [1.29, 1.82) is 0 Å². The molecule has 0 aliphatic carbocycles. The molecule has 8 heteroatoms. The summed E-state index contributed by atoms with van der Waals surface area (Å²) in [5.74, 6) is 1.25. The third-order valence-electron chi connectivity index (χ3n) is 4.82. The van der Waals surface area contributed by atoms with Crippen LogP contribution in [0.25, 0.3) is 17.0 Å². The Labute approximate surface area is 156 Å². The van der Waals surface area contributed by atoms with Crippen molar-refractivity contribution in [1.82, 2.24) is 24.5 Å². The van der Waals surface area contributed by atoms with Gasteiger partial charge in [-0.05, 0) is 44.1 Å². The van der Waals surface area contributed by atoms with E-state index in [4.69, 9.17) is 11.6 Å². The van der Waals surface area contributed by atoms with Crippen LogP contribution in [0.2, 0.25) is 5.02 Å². The number of likely N-dealkylation sites (N-methyl/N-ethyl adjacent to an activating group) is 1. The van der Waals surface area contributed by atoms with Crippen molar-refractivity contribution < 1.29 is 5.11 Å². The fourth-order valence-corrected chi connectivity index (χ4v) is 3.63. The van der Waals surface area contributed by atoms with Gasteiger partial charge in [0.2, 0.25) is 0 Å². The lowest BCUT2D eigenvalue weighted by Crippen LogP contribution is -2.42. The molecule has 7 nitrogen and oxygen atoms in total. The SMILES string of the molecule is CCN1CCCC(Nc2nnc(-c3ccc(Cl)cc3O)n3ccnc23)C1. The lowest BCUT2D eigenvalue weighted by atomic mass is 10.1. The normalized spacial score (nSPS) is 18.3. The number of hydrogen-bond donors (Lipinski definition) is 2. The maximum Gasteiger partial charge on any atom is 0.192 e. The lowest BCUT2D eigenvalue weighted by Gasteiger charge is -2.32. The summed E-state index contributed by atoms with van der Waals surface area (Å²) in [4.78, 5) is 6.86. The average Bonchev–Trinajstić information content (AvgIpc) is 3.13. The predicted octanol–water partition coefficient (Wildman–Crippen LogP) is 3.05. The van der Waals surface area contributed by atoms with Crippen molar-refractivity contribution in [2.75, 3.05) is 25.0 Å². The molecule has 3 aromatic rings. The second kappa shape index (κ2) is 7.09. The van der Waals surface area contributed by atoms with Crippen LogP contribution in [0.4, 0.5) is 5.82 Å². The first-order chi connectivity index (χ1) is 12.7. The molecule has 1 aliphatic heterocycles. The van der Waals surface area contributed by atoms with Gasteiger partial charge in [0.15, 0.2) is 17.3 Å². The number of aromatic hydroxyl groups is 1. The van der Waals surface area contributed by atoms with E-state index in [1.54, 1.807) is 18.3 Å². The zero-order valence-electron chi connectivity index (χ0n) is 14.6. The van der Waals surface area contributed by atoms with Crippen LogP contribution >= 0.6 is 11.6 Å². The van der Waals surface area contributed by atoms with E-state index in [0.29, 0.717) is 33.9 Å². The summed E-state index contributed by atoms with van der Waals surface area (Å²) in [5, 5.41) is 22.9. The first-order valence-electron chi connectivity index (χ1n) is 8.83. The third-order valence-corrected chi connectivity index (χ3v) is 5.05. The number of likely N-dealkylation sites (tertiary alicyclic amines) is 1. The van der Waals surface area contributed by atoms with Crippen LogP contribution in [-0.4, -0.2) is 55.3 Å².